The maximum absolute atomic E-state index is 12.3. The second kappa shape index (κ2) is 6.54. The van der Waals surface area contributed by atoms with E-state index in [0.717, 1.165) is 6.42 Å². The number of ketones is 1. The second-order valence-corrected chi connectivity index (χ2v) is 5.16. The summed E-state index contributed by atoms with van der Waals surface area (Å²) in [5.74, 6) is -0.445. The van der Waals surface area contributed by atoms with Gasteiger partial charge in [0.15, 0.2) is 5.78 Å². The molecule has 1 heterocycles. The van der Waals surface area contributed by atoms with E-state index < -0.39 is 0 Å². The average Bonchev–Trinajstić information content (AvgIpc) is 3.08. The molecule has 0 amide bonds. The third-order valence-electron chi connectivity index (χ3n) is 3.58. The van der Waals surface area contributed by atoms with Crippen molar-refractivity contribution in [2.45, 2.75) is 12.5 Å². The summed E-state index contributed by atoms with van der Waals surface area (Å²) in [7, 11) is 0. The van der Waals surface area contributed by atoms with E-state index in [9.17, 15) is 9.59 Å². The van der Waals surface area contributed by atoms with Crippen molar-refractivity contribution in [1.82, 2.24) is 0 Å². The van der Waals surface area contributed by atoms with Gasteiger partial charge in [-0.3, -0.25) is 4.79 Å². The van der Waals surface area contributed by atoms with Crippen LogP contribution in [0.3, 0.4) is 0 Å². The maximum Gasteiger partial charge on any atom is 0.338 e. The lowest BCUT2D eigenvalue weighted by molar-refractivity contribution is 0.0270. The van der Waals surface area contributed by atoms with Crippen molar-refractivity contribution >= 4 is 11.8 Å². The Morgan fingerprint density at radius 1 is 0.909 bits per heavy atom. The molecule has 1 unspecified atom stereocenters. The van der Waals surface area contributed by atoms with Crippen LogP contribution in [-0.4, -0.2) is 31.1 Å². The van der Waals surface area contributed by atoms with E-state index in [0.29, 0.717) is 29.9 Å². The van der Waals surface area contributed by atoms with E-state index in [4.69, 9.17) is 9.47 Å². The first kappa shape index (κ1) is 14.5. The first-order chi connectivity index (χ1) is 10.7. The van der Waals surface area contributed by atoms with Crippen molar-refractivity contribution in [3.05, 3.63) is 71.3 Å². The van der Waals surface area contributed by atoms with Gasteiger partial charge in [0.2, 0.25) is 0 Å². The zero-order chi connectivity index (χ0) is 15.4. The molecule has 1 atom stereocenters. The Bertz CT molecular complexity index is 655. The van der Waals surface area contributed by atoms with Crippen LogP contribution in [-0.2, 0) is 9.47 Å². The quantitative estimate of drug-likeness (QED) is 0.643. The third-order valence-corrected chi connectivity index (χ3v) is 3.58. The lowest BCUT2D eigenvalue weighted by Crippen LogP contribution is -2.18. The predicted octanol–water partition coefficient (Wildman–Crippen LogP) is 2.86. The molecule has 1 aliphatic rings. The van der Waals surface area contributed by atoms with E-state index >= 15 is 0 Å². The Hall–Kier alpha value is -2.46. The van der Waals surface area contributed by atoms with E-state index in [2.05, 4.69) is 0 Å². The molecule has 1 saturated heterocycles. The van der Waals surface area contributed by atoms with Crippen LogP contribution in [0.1, 0.15) is 32.7 Å². The molecule has 0 aliphatic carbocycles. The van der Waals surface area contributed by atoms with Gasteiger partial charge in [-0.15, -0.1) is 0 Å². The first-order valence-corrected chi connectivity index (χ1v) is 7.22. The Labute approximate surface area is 128 Å². The summed E-state index contributed by atoms with van der Waals surface area (Å²) in [6, 6.07) is 15.6. The van der Waals surface area contributed by atoms with Crippen molar-refractivity contribution in [3.8, 4) is 0 Å². The lowest BCUT2D eigenvalue weighted by Gasteiger charge is -2.10. The minimum atomic E-state index is -0.380. The summed E-state index contributed by atoms with van der Waals surface area (Å²) < 4.78 is 10.5. The molecule has 0 N–H and O–H groups in total. The van der Waals surface area contributed by atoms with Crippen molar-refractivity contribution in [2.75, 3.05) is 13.2 Å². The van der Waals surface area contributed by atoms with Crippen LogP contribution in [0.2, 0.25) is 0 Å². The maximum atomic E-state index is 12.3. The molecular weight excluding hydrogens is 280 g/mol. The number of carbonyl (C=O) groups is 2. The van der Waals surface area contributed by atoms with Crippen LogP contribution >= 0.6 is 0 Å². The SMILES string of the molecule is O=C(OC1CCOC1)c1ccc(C(=O)c2ccccc2)cc1. The number of ether oxygens (including phenoxy) is 2. The van der Waals surface area contributed by atoms with Crippen molar-refractivity contribution in [3.63, 3.8) is 0 Å². The van der Waals surface area contributed by atoms with Gasteiger partial charge in [-0.2, -0.15) is 0 Å². The van der Waals surface area contributed by atoms with Gasteiger partial charge in [-0.05, 0) is 12.1 Å². The minimum Gasteiger partial charge on any atom is -0.456 e. The number of rotatable bonds is 4. The number of hydrogen-bond acceptors (Lipinski definition) is 4. The van der Waals surface area contributed by atoms with E-state index in [1.165, 1.54) is 0 Å². The van der Waals surface area contributed by atoms with Crippen molar-refractivity contribution < 1.29 is 19.1 Å². The molecule has 0 spiro atoms. The Morgan fingerprint density at radius 3 is 2.18 bits per heavy atom. The summed E-state index contributed by atoms with van der Waals surface area (Å²) in [5.41, 5.74) is 1.62. The molecule has 1 aliphatic heterocycles. The summed E-state index contributed by atoms with van der Waals surface area (Å²) >= 11 is 0. The molecule has 4 heteroatoms. The van der Waals surface area contributed by atoms with Gasteiger partial charge in [0.1, 0.15) is 6.10 Å². The zero-order valence-corrected chi connectivity index (χ0v) is 12.0. The van der Waals surface area contributed by atoms with Crippen LogP contribution in [0.4, 0.5) is 0 Å². The number of esters is 1. The highest BCUT2D eigenvalue weighted by Crippen LogP contribution is 2.14. The predicted molar refractivity (Wildman–Crippen MR) is 81.0 cm³/mol. The number of carbonyl (C=O) groups excluding carboxylic acids is 2. The first-order valence-electron chi connectivity index (χ1n) is 7.22. The van der Waals surface area contributed by atoms with Gasteiger partial charge in [0.25, 0.3) is 0 Å². The Kier molecular flexibility index (Phi) is 4.30. The molecule has 22 heavy (non-hydrogen) atoms. The number of hydrogen-bond donors (Lipinski definition) is 0. The summed E-state index contributed by atoms with van der Waals surface area (Å²) in [5, 5.41) is 0. The van der Waals surface area contributed by atoms with E-state index in [1.807, 2.05) is 18.2 Å². The third kappa shape index (κ3) is 3.23. The molecule has 1 fully saturated rings. The summed E-state index contributed by atoms with van der Waals surface area (Å²) in [4.78, 5) is 24.3. The van der Waals surface area contributed by atoms with Gasteiger partial charge >= 0.3 is 5.97 Å². The molecule has 0 saturated carbocycles. The highest BCUT2D eigenvalue weighted by atomic mass is 16.6. The highest BCUT2D eigenvalue weighted by molar-refractivity contribution is 6.09. The molecule has 0 radical (unpaired) electrons. The molecule has 0 bridgehead atoms. The summed E-state index contributed by atoms with van der Waals surface area (Å²) in [6.07, 6.45) is 0.564. The van der Waals surface area contributed by atoms with Crippen LogP contribution in [0.15, 0.2) is 54.6 Å². The van der Waals surface area contributed by atoms with E-state index in [-0.39, 0.29) is 17.9 Å². The fraction of sp³-hybridized carbons (Fsp3) is 0.222. The average molecular weight is 296 g/mol. The zero-order valence-electron chi connectivity index (χ0n) is 12.0. The molecule has 112 valence electrons. The largest absolute Gasteiger partial charge is 0.456 e. The Morgan fingerprint density at radius 2 is 1.55 bits per heavy atom. The normalized spacial score (nSPS) is 17.2. The van der Waals surface area contributed by atoms with Gasteiger partial charge in [0.05, 0.1) is 18.8 Å². The molecule has 0 aromatic heterocycles. The smallest absolute Gasteiger partial charge is 0.338 e. The fourth-order valence-electron chi connectivity index (χ4n) is 2.34. The van der Waals surface area contributed by atoms with Crippen LogP contribution in [0.5, 0.6) is 0 Å². The lowest BCUT2D eigenvalue weighted by atomic mass is 10.0. The van der Waals surface area contributed by atoms with Crippen molar-refractivity contribution in [2.24, 2.45) is 0 Å². The monoisotopic (exact) mass is 296 g/mol. The molecular formula is C18H16O4. The molecule has 2 aromatic carbocycles. The van der Waals surface area contributed by atoms with Crippen LogP contribution in [0.25, 0.3) is 0 Å². The van der Waals surface area contributed by atoms with Gasteiger partial charge in [0, 0.05) is 17.5 Å². The number of benzene rings is 2. The van der Waals surface area contributed by atoms with Gasteiger partial charge in [-0.25, -0.2) is 4.79 Å². The van der Waals surface area contributed by atoms with E-state index in [1.54, 1.807) is 36.4 Å². The van der Waals surface area contributed by atoms with Crippen LogP contribution < -0.4 is 0 Å². The van der Waals surface area contributed by atoms with Crippen LogP contribution in [0, 0.1) is 0 Å². The van der Waals surface area contributed by atoms with Crippen molar-refractivity contribution in [1.29, 1.82) is 0 Å². The second-order valence-electron chi connectivity index (χ2n) is 5.16. The topological polar surface area (TPSA) is 52.6 Å². The van der Waals surface area contributed by atoms with Gasteiger partial charge in [-0.1, -0.05) is 42.5 Å². The molecule has 3 rings (SSSR count). The standard InChI is InChI=1S/C18H16O4/c19-17(13-4-2-1-3-5-13)14-6-8-15(9-7-14)18(20)22-16-10-11-21-12-16/h1-9,16H,10-12H2. The van der Waals surface area contributed by atoms with Gasteiger partial charge < -0.3 is 9.47 Å². The fourth-order valence-corrected chi connectivity index (χ4v) is 2.34. The highest BCUT2D eigenvalue weighted by Gasteiger charge is 2.21. The molecule has 2 aromatic rings. The summed E-state index contributed by atoms with van der Waals surface area (Å²) in [6.45, 7) is 1.08. The Balaban J connectivity index is 1.69. The minimum absolute atomic E-state index is 0.0651. The molecule has 4 nitrogen and oxygen atoms in total.